The SMILES string of the molecule is O=C1CC[C@](CBr)(c2cccc(F)c2)O1. The summed E-state index contributed by atoms with van der Waals surface area (Å²) < 4.78 is 18.4. The molecule has 1 saturated heterocycles. The van der Waals surface area contributed by atoms with Crippen LogP contribution in [0.4, 0.5) is 4.39 Å². The van der Waals surface area contributed by atoms with Crippen LogP contribution < -0.4 is 0 Å². The molecule has 1 aliphatic rings. The molecule has 0 saturated carbocycles. The number of hydrogen-bond donors (Lipinski definition) is 0. The zero-order valence-electron chi connectivity index (χ0n) is 8.00. The van der Waals surface area contributed by atoms with Gasteiger partial charge in [-0.25, -0.2) is 4.39 Å². The fourth-order valence-corrected chi connectivity index (χ4v) is 2.49. The maximum absolute atomic E-state index is 13.1. The first kappa shape index (κ1) is 10.6. The van der Waals surface area contributed by atoms with Crippen molar-refractivity contribution in [2.45, 2.75) is 18.4 Å². The molecule has 0 bridgehead atoms. The average Bonchev–Trinajstić information content (AvgIpc) is 2.61. The number of hydrogen-bond acceptors (Lipinski definition) is 2. The number of carbonyl (C=O) groups excluding carboxylic acids is 1. The number of halogens is 2. The minimum absolute atomic E-state index is 0.223. The van der Waals surface area contributed by atoms with Crippen LogP contribution in [0.25, 0.3) is 0 Å². The molecule has 80 valence electrons. The number of ether oxygens (including phenoxy) is 1. The van der Waals surface area contributed by atoms with Gasteiger partial charge in [-0.05, 0) is 17.7 Å². The van der Waals surface area contributed by atoms with E-state index in [1.807, 2.05) is 0 Å². The normalized spacial score (nSPS) is 25.3. The Hall–Kier alpha value is -0.900. The van der Waals surface area contributed by atoms with Gasteiger partial charge in [0.25, 0.3) is 0 Å². The summed E-state index contributed by atoms with van der Waals surface area (Å²) in [5, 5.41) is 0.495. The topological polar surface area (TPSA) is 26.3 Å². The summed E-state index contributed by atoms with van der Waals surface area (Å²) in [7, 11) is 0. The van der Waals surface area contributed by atoms with E-state index in [-0.39, 0.29) is 11.8 Å². The van der Waals surface area contributed by atoms with Gasteiger partial charge in [0.05, 0.1) is 0 Å². The van der Waals surface area contributed by atoms with E-state index < -0.39 is 5.60 Å². The third-order valence-corrected chi connectivity index (χ3v) is 3.51. The molecule has 0 radical (unpaired) electrons. The van der Waals surface area contributed by atoms with Crippen molar-refractivity contribution in [3.63, 3.8) is 0 Å². The third-order valence-electron chi connectivity index (χ3n) is 2.61. The Morgan fingerprint density at radius 3 is 2.87 bits per heavy atom. The molecule has 1 aliphatic heterocycles. The lowest BCUT2D eigenvalue weighted by molar-refractivity contribution is -0.147. The molecule has 1 fully saturated rings. The van der Waals surface area contributed by atoms with Crippen LogP contribution in [0.1, 0.15) is 18.4 Å². The van der Waals surface area contributed by atoms with Gasteiger partial charge in [0.1, 0.15) is 11.4 Å². The Morgan fingerprint density at radius 1 is 1.53 bits per heavy atom. The second-order valence-corrected chi connectivity index (χ2v) is 4.17. The predicted molar refractivity (Wildman–Crippen MR) is 57.2 cm³/mol. The molecule has 15 heavy (non-hydrogen) atoms. The van der Waals surface area contributed by atoms with Crippen molar-refractivity contribution in [2.75, 3.05) is 5.33 Å². The second kappa shape index (κ2) is 3.93. The Kier molecular flexibility index (Phi) is 2.78. The predicted octanol–water partition coefficient (Wildman–Crippen LogP) is 2.75. The molecule has 1 aromatic carbocycles. The summed E-state index contributed by atoms with van der Waals surface area (Å²) in [6.45, 7) is 0. The zero-order chi connectivity index (χ0) is 10.9. The van der Waals surface area contributed by atoms with Gasteiger partial charge < -0.3 is 4.74 Å². The molecule has 0 aromatic heterocycles. The van der Waals surface area contributed by atoms with E-state index in [9.17, 15) is 9.18 Å². The quantitative estimate of drug-likeness (QED) is 0.611. The van der Waals surface area contributed by atoms with Gasteiger partial charge in [-0.2, -0.15) is 0 Å². The Labute approximate surface area is 95.6 Å². The Morgan fingerprint density at radius 2 is 2.33 bits per heavy atom. The first-order valence-electron chi connectivity index (χ1n) is 4.70. The standard InChI is InChI=1S/C11H10BrFO2/c12-7-11(5-4-10(14)15-11)8-2-1-3-9(13)6-8/h1-3,6H,4-5,7H2/t11-/m0/s1. The molecule has 0 N–H and O–H groups in total. The van der Waals surface area contributed by atoms with Gasteiger partial charge >= 0.3 is 5.97 Å². The highest BCUT2D eigenvalue weighted by Gasteiger charge is 2.41. The van der Waals surface area contributed by atoms with Crippen molar-refractivity contribution < 1.29 is 13.9 Å². The van der Waals surface area contributed by atoms with E-state index in [4.69, 9.17) is 4.74 Å². The summed E-state index contributed by atoms with van der Waals surface area (Å²) in [5.41, 5.74) is 0.0318. The molecule has 0 aliphatic carbocycles. The number of alkyl halides is 1. The molecule has 1 atom stereocenters. The number of esters is 1. The highest BCUT2D eigenvalue weighted by molar-refractivity contribution is 9.09. The maximum Gasteiger partial charge on any atom is 0.306 e. The van der Waals surface area contributed by atoms with Crippen LogP contribution in [0.3, 0.4) is 0 Å². The van der Waals surface area contributed by atoms with E-state index in [0.717, 1.165) is 0 Å². The third kappa shape index (κ3) is 1.91. The summed E-state index contributed by atoms with van der Waals surface area (Å²) in [4.78, 5) is 11.1. The number of benzene rings is 1. The van der Waals surface area contributed by atoms with Crippen LogP contribution in [0.2, 0.25) is 0 Å². The second-order valence-electron chi connectivity index (χ2n) is 3.61. The van der Waals surface area contributed by atoms with E-state index in [0.29, 0.717) is 23.7 Å². The van der Waals surface area contributed by atoms with Crippen molar-refractivity contribution in [3.8, 4) is 0 Å². The van der Waals surface area contributed by atoms with Crippen molar-refractivity contribution in [1.82, 2.24) is 0 Å². The molecule has 4 heteroatoms. The van der Waals surface area contributed by atoms with Crippen molar-refractivity contribution in [3.05, 3.63) is 35.6 Å². The Balaban J connectivity index is 2.38. The van der Waals surface area contributed by atoms with Crippen LogP contribution in [-0.4, -0.2) is 11.3 Å². The van der Waals surface area contributed by atoms with Crippen LogP contribution in [0.15, 0.2) is 24.3 Å². The van der Waals surface area contributed by atoms with E-state index in [1.54, 1.807) is 12.1 Å². The van der Waals surface area contributed by atoms with Crippen molar-refractivity contribution in [2.24, 2.45) is 0 Å². The van der Waals surface area contributed by atoms with Crippen molar-refractivity contribution in [1.29, 1.82) is 0 Å². The molecule has 0 amide bonds. The van der Waals surface area contributed by atoms with Crippen LogP contribution in [0.5, 0.6) is 0 Å². The summed E-state index contributed by atoms with van der Waals surface area (Å²) in [6.07, 6.45) is 0.989. The summed E-state index contributed by atoms with van der Waals surface area (Å²) >= 11 is 3.32. The number of cyclic esters (lactones) is 1. The van der Waals surface area contributed by atoms with Crippen LogP contribution in [-0.2, 0) is 15.1 Å². The highest BCUT2D eigenvalue weighted by atomic mass is 79.9. The largest absolute Gasteiger partial charge is 0.453 e. The smallest absolute Gasteiger partial charge is 0.306 e. The molecule has 1 aromatic rings. The molecular formula is C11H10BrFO2. The lowest BCUT2D eigenvalue weighted by Crippen LogP contribution is -2.27. The monoisotopic (exact) mass is 272 g/mol. The molecule has 0 unspecified atom stereocenters. The number of carbonyl (C=O) groups is 1. The fraction of sp³-hybridized carbons (Fsp3) is 0.364. The first-order chi connectivity index (χ1) is 7.16. The lowest BCUT2D eigenvalue weighted by atomic mass is 9.93. The average molecular weight is 273 g/mol. The van der Waals surface area contributed by atoms with Gasteiger partial charge in [-0.3, -0.25) is 4.79 Å². The molecule has 0 spiro atoms. The fourth-order valence-electron chi connectivity index (χ4n) is 1.77. The van der Waals surface area contributed by atoms with E-state index >= 15 is 0 Å². The minimum atomic E-state index is -0.681. The first-order valence-corrected chi connectivity index (χ1v) is 5.82. The van der Waals surface area contributed by atoms with Gasteiger partial charge in [0.15, 0.2) is 0 Å². The molecule has 2 nitrogen and oxygen atoms in total. The van der Waals surface area contributed by atoms with Gasteiger partial charge in [-0.1, -0.05) is 28.1 Å². The van der Waals surface area contributed by atoms with E-state index in [2.05, 4.69) is 15.9 Å². The maximum atomic E-state index is 13.1. The van der Waals surface area contributed by atoms with Gasteiger partial charge in [0.2, 0.25) is 0 Å². The molecule has 2 rings (SSSR count). The van der Waals surface area contributed by atoms with Crippen molar-refractivity contribution >= 4 is 21.9 Å². The number of rotatable bonds is 2. The molecular weight excluding hydrogens is 263 g/mol. The van der Waals surface area contributed by atoms with Crippen LogP contribution >= 0.6 is 15.9 Å². The molecule has 1 heterocycles. The zero-order valence-corrected chi connectivity index (χ0v) is 9.59. The van der Waals surface area contributed by atoms with Gasteiger partial charge in [-0.15, -0.1) is 0 Å². The Bertz CT molecular complexity index is 394. The lowest BCUT2D eigenvalue weighted by Gasteiger charge is -2.25. The van der Waals surface area contributed by atoms with Gasteiger partial charge in [0, 0.05) is 18.2 Å². The summed E-state index contributed by atoms with van der Waals surface area (Å²) in [6, 6.07) is 6.20. The highest BCUT2D eigenvalue weighted by Crippen LogP contribution is 2.38. The minimum Gasteiger partial charge on any atom is -0.453 e. The van der Waals surface area contributed by atoms with Crippen LogP contribution in [0, 0.1) is 5.82 Å². The summed E-state index contributed by atoms with van der Waals surface area (Å²) in [5.74, 6) is -0.533. The van der Waals surface area contributed by atoms with E-state index in [1.165, 1.54) is 12.1 Å².